The van der Waals surface area contributed by atoms with Gasteiger partial charge in [-0.25, -0.2) is 4.39 Å². The van der Waals surface area contributed by atoms with E-state index in [0.717, 1.165) is 0 Å². The molecule has 1 N–H and O–H groups in total. The molecule has 1 heterocycles. The molecule has 8 heteroatoms. The van der Waals surface area contributed by atoms with Crippen molar-refractivity contribution in [1.29, 1.82) is 0 Å². The minimum Gasteiger partial charge on any atom is -0.463 e. The fourth-order valence-corrected chi connectivity index (χ4v) is 4.18. The maximum atomic E-state index is 13.2. The standard InChI is InChI=1S/C25H28ClFN2O4/c1-16(2)33-23(30)14-22(20-7-3-4-8-21(20)26)28-24(31)18-6-5-13-29(15-18)25(32)17-9-11-19(27)12-10-17/h3-4,7-12,16,18,22H,5-6,13-15H2,1-2H3,(H,28,31). The number of nitrogens with one attached hydrogen (secondary N) is 1. The van der Waals surface area contributed by atoms with E-state index in [0.29, 0.717) is 35.5 Å². The number of hydrogen-bond donors (Lipinski definition) is 1. The number of carbonyl (C=O) groups excluding carboxylic acids is 3. The first-order valence-corrected chi connectivity index (χ1v) is 11.4. The van der Waals surface area contributed by atoms with Gasteiger partial charge < -0.3 is 15.0 Å². The van der Waals surface area contributed by atoms with Crippen molar-refractivity contribution in [3.05, 3.63) is 70.5 Å². The van der Waals surface area contributed by atoms with Crippen molar-refractivity contribution in [1.82, 2.24) is 10.2 Å². The molecule has 1 aliphatic heterocycles. The second-order valence-electron chi connectivity index (χ2n) is 8.42. The summed E-state index contributed by atoms with van der Waals surface area (Å²) in [4.78, 5) is 39.9. The Balaban J connectivity index is 1.71. The molecule has 176 valence electrons. The van der Waals surface area contributed by atoms with Gasteiger partial charge in [0.15, 0.2) is 0 Å². The Hall–Kier alpha value is -2.93. The molecule has 0 bridgehead atoms. The molecule has 0 aliphatic carbocycles. The average molecular weight is 475 g/mol. The van der Waals surface area contributed by atoms with Crippen molar-refractivity contribution in [3.8, 4) is 0 Å². The lowest BCUT2D eigenvalue weighted by molar-refractivity contribution is -0.148. The van der Waals surface area contributed by atoms with Gasteiger partial charge in [0.1, 0.15) is 5.82 Å². The van der Waals surface area contributed by atoms with E-state index in [1.54, 1.807) is 43.0 Å². The summed E-state index contributed by atoms with van der Waals surface area (Å²) < 4.78 is 18.5. The van der Waals surface area contributed by atoms with Crippen molar-refractivity contribution in [2.45, 2.75) is 45.3 Å². The van der Waals surface area contributed by atoms with E-state index in [-0.39, 0.29) is 30.9 Å². The minimum atomic E-state index is -0.652. The second-order valence-corrected chi connectivity index (χ2v) is 8.83. The summed E-state index contributed by atoms with van der Waals surface area (Å²) >= 11 is 6.34. The molecular formula is C25H28ClFN2O4. The van der Waals surface area contributed by atoms with Gasteiger partial charge in [0, 0.05) is 23.7 Å². The van der Waals surface area contributed by atoms with Gasteiger partial charge in [0.2, 0.25) is 5.91 Å². The first-order chi connectivity index (χ1) is 15.7. The molecule has 0 aromatic heterocycles. The predicted molar refractivity (Wildman–Crippen MR) is 123 cm³/mol. The highest BCUT2D eigenvalue weighted by Crippen LogP contribution is 2.27. The first-order valence-electron chi connectivity index (χ1n) is 11.0. The molecular weight excluding hydrogens is 447 g/mol. The summed E-state index contributed by atoms with van der Waals surface area (Å²) in [6.07, 6.45) is 0.949. The van der Waals surface area contributed by atoms with E-state index < -0.39 is 23.7 Å². The summed E-state index contributed by atoms with van der Waals surface area (Å²) in [6.45, 7) is 4.29. The van der Waals surface area contributed by atoms with Gasteiger partial charge >= 0.3 is 5.97 Å². The highest BCUT2D eigenvalue weighted by atomic mass is 35.5. The number of amides is 2. The van der Waals surface area contributed by atoms with Crippen LogP contribution in [0.2, 0.25) is 5.02 Å². The molecule has 1 fully saturated rings. The van der Waals surface area contributed by atoms with Gasteiger partial charge in [0.05, 0.1) is 24.5 Å². The molecule has 2 amide bonds. The van der Waals surface area contributed by atoms with Crippen LogP contribution in [0.4, 0.5) is 4.39 Å². The number of carbonyl (C=O) groups is 3. The molecule has 0 radical (unpaired) electrons. The molecule has 2 aromatic rings. The number of piperidine rings is 1. The SMILES string of the molecule is CC(C)OC(=O)CC(NC(=O)C1CCCN(C(=O)c2ccc(F)cc2)C1)c1ccccc1Cl. The monoisotopic (exact) mass is 474 g/mol. The van der Waals surface area contributed by atoms with Gasteiger partial charge in [-0.3, -0.25) is 14.4 Å². The Labute approximate surface area is 198 Å². The molecule has 2 aromatic carbocycles. The maximum absolute atomic E-state index is 13.2. The molecule has 1 aliphatic rings. The highest BCUT2D eigenvalue weighted by molar-refractivity contribution is 6.31. The average Bonchev–Trinajstić information content (AvgIpc) is 2.78. The van der Waals surface area contributed by atoms with Gasteiger partial charge in [-0.15, -0.1) is 0 Å². The van der Waals surface area contributed by atoms with Crippen LogP contribution in [0.15, 0.2) is 48.5 Å². The molecule has 3 rings (SSSR count). The molecule has 6 nitrogen and oxygen atoms in total. The third-order valence-corrected chi connectivity index (χ3v) is 5.85. The summed E-state index contributed by atoms with van der Waals surface area (Å²) in [5.74, 6) is -1.78. The van der Waals surface area contributed by atoms with Crippen LogP contribution in [-0.4, -0.2) is 41.9 Å². The molecule has 0 spiro atoms. The van der Waals surface area contributed by atoms with Crippen LogP contribution in [0.5, 0.6) is 0 Å². The van der Waals surface area contributed by atoms with Crippen LogP contribution in [0.25, 0.3) is 0 Å². The van der Waals surface area contributed by atoms with Crippen LogP contribution in [0, 0.1) is 11.7 Å². The van der Waals surface area contributed by atoms with E-state index >= 15 is 0 Å². The second kappa shape index (κ2) is 11.3. The van der Waals surface area contributed by atoms with Crippen molar-refractivity contribution >= 4 is 29.4 Å². The summed E-state index contributed by atoms with van der Waals surface area (Å²) in [5.41, 5.74) is 1.01. The van der Waals surface area contributed by atoms with E-state index in [1.165, 1.54) is 24.3 Å². The van der Waals surface area contributed by atoms with Crippen LogP contribution >= 0.6 is 11.6 Å². The molecule has 2 atom stereocenters. The number of nitrogens with zero attached hydrogens (tertiary/aromatic N) is 1. The normalized spacial score (nSPS) is 16.9. The zero-order valence-electron chi connectivity index (χ0n) is 18.7. The zero-order chi connectivity index (χ0) is 24.0. The Morgan fingerprint density at radius 1 is 1.15 bits per heavy atom. The van der Waals surface area contributed by atoms with Crippen LogP contribution < -0.4 is 5.32 Å². The Bertz CT molecular complexity index is 996. The zero-order valence-corrected chi connectivity index (χ0v) is 19.5. The number of hydrogen-bond acceptors (Lipinski definition) is 4. The van der Waals surface area contributed by atoms with Gasteiger partial charge in [-0.2, -0.15) is 0 Å². The third-order valence-electron chi connectivity index (χ3n) is 5.51. The van der Waals surface area contributed by atoms with Crippen molar-refractivity contribution in [2.24, 2.45) is 5.92 Å². The van der Waals surface area contributed by atoms with Gasteiger partial charge in [0.25, 0.3) is 5.91 Å². The lowest BCUT2D eigenvalue weighted by Gasteiger charge is -2.33. The molecule has 33 heavy (non-hydrogen) atoms. The minimum absolute atomic E-state index is 0.0569. The first kappa shape index (κ1) is 24.7. The van der Waals surface area contributed by atoms with E-state index in [9.17, 15) is 18.8 Å². The molecule has 2 unspecified atom stereocenters. The largest absolute Gasteiger partial charge is 0.463 e. The van der Waals surface area contributed by atoms with Crippen molar-refractivity contribution in [3.63, 3.8) is 0 Å². The quantitative estimate of drug-likeness (QED) is 0.598. The summed E-state index contributed by atoms with van der Waals surface area (Å²) in [6, 6.07) is 11.7. The number of benzene rings is 2. The maximum Gasteiger partial charge on any atom is 0.308 e. The van der Waals surface area contributed by atoms with Crippen LogP contribution in [0.3, 0.4) is 0 Å². The number of esters is 1. The van der Waals surface area contributed by atoms with E-state index in [2.05, 4.69) is 5.32 Å². The smallest absolute Gasteiger partial charge is 0.308 e. The Morgan fingerprint density at radius 3 is 2.52 bits per heavy atom. The summed E-state index contributed by atoms with van der Waals surface area (Å²) in [5, 5.41) is 3.38. The van der Waals surface area contributed by atoms with Crippen molar-refractivity contribution < 1.29 is 23.5 Å². The van der Waals surface area contributed by atoms with Gasteiger partial charge in [-0.05, 0) is 62.6 Å². The number of likely N-dealkylation sites (tertiary alicyclic amines) is 1. The number of halogens is 2. The van der Waals surface area contributed by atoms with Crippen LogP contribution in [-0.2, 0) is 14.3 Å². The Kier molecular flexibility index (Phi) is 8.44. The lowest BCUT2D eigenvalue weighted by Crippen LogP contribution is -2.46. The van der Waals surface area contributed by atoms with Crippen LogP contribution in [0.1, 0.15) is 55.1 Å². The van der Waals surface area contributed by atoms with Gasteiger partial charge in [-0.1, -0.05) is 29.8 Å². The topological polar surface area (TPSA) is 75.7 Å². The number of ether oxygens (including phenoxy) is 1. The van der Waals surface area contributed by atoms with E-state index in [1.807, 2.05) is 0 Å². The molecule has 0 saturated carbocycles. The lowest BCUT2D eigenvalue weighted by atomic mass is 9.95. The number of rotatable bonds is 7. The fraction of sp³-hybridized carbons (Fsp3) is 0.400. The predicted octanol–water partition coefficient (Wildman–Crippen LogP) is 4.53. The van der Waals surface area contributed by atoms with E-state index in [4.69, 9.17) is 16.3 Å². The summed E-state index contributed by atoms with van der Waals surface area (Å²) in [7, 11) is 0. The van der Waals surface area contributed by atoms with Crippen molar-refractivity contribution in [2.75, 3.05) is 13.1 Å². The fourth-order valence-electron chi connectivity index (χ4n) is 3.91. The molecule has 1 saturated heterocycles. The third kappa shape index (κ3) is 6.78. The highest BCUT2D eigenvalue weighted by Gasteiger charge is 2.31. The Morgan fingerprint density at radius 2 is 1.85 bits per heavy atom.